The van der Waals surface area contributed by atoms with Gasteiger partial charge in [0.25, 0.3) is 5.91 Å². The number of carbonyl (C=O) groups is 2. The lowest BCUT2D eigenvalue weighted by Crippen LogP contribution is -2.31. The van der Waals surface area contributed by atoms with Crippen LogP contribution in [0.15, 0.2) is 58.8 Å². The van der Waals surface area contributed by atoms with Crippen LogP contribution in [0.1, 0.15) is 16.2 Å². The van der Waals surface area contributed by atoms with E-state index in [4.69, 9.17) is 4.74 Å². The number of imidazole rings is 1. The number of rotatable bonds is 6. The molecular weight excluding hydrogens is 440 g/mol. The van der Waals surface area contributed by atoms with Gasteiger partial charge in [-0.05, 0) is 30.3 Å². The van der Waals surface area contributed by atoms with Crippen LogP contribution < -0.4 is 5.32 Å². The summed E-state index contributed by atoms with van der Waals surface area (Å²) in [6, 6.07) is 15.7. The summed E-state index contributed by atoms with van der Waals surface area (Å²) in [5.41, 5.74) is 1.59. The SMILES string of the molecule is N#CC(=C(O)COC(=O)CNC(=O)c1cccc(Br)c1)c1nc2ccccc2[nH]1. The molecule has 0 saturated heterocycles. The van der Waals surface area contributed by atoms with Crippen LogP contribution in [0, 0.1) is 11.3 Å². The number of hydrogen-bond donors (Lipinski definition) is 3. The molecule has 3 rings (SSSR count). The van der Waals surface area contributed by atoms with E-state index in [0.717, 1.165) is 4.47 Å². The van der Waals surface area contributed by atoms with Crippen LogP contribution >= 0.6 is 15.9 Å². The van der Waals surface area contributed by atoms with E-state index in [0.29, 0.717) is 16.6 Å². The number of nitriles is 1. The molecule has 3 aromatic rings. The summed E-state index contributed by atoms with van der Waals surface area (Å²) >= 11 is 3.26. The predicted molar refractivity (Wildman–Crippen MR) is 109 cm³/mol. The molecule has 29 heavy (non-hydrogen) atoms. The zero-order chi connectivity index (χ0) is 20.8. The van der Waals surface area contributed by atoms with Gasteiger partial charge in [0.2, 0.25) is 0 Å². The number of aromatic amines is 1. The Morgan fingerprint density at radius 1 is 1.24 bits per heavy atom. The number of para-hydroxylation sites is 2. The molecule has 0 bridgehead atoms. The van der Waals surface area contributed by atoms with E-state index in [1.807, 2.05) is 12.1 Å². The molecule has 0 saturated carbocycles. The number of fused-ring (bicyclic) bond motifs is 1. The number of halogens is 1. The molecule has 9 heteroatoms. The first kappa shape index (κ1) is 20.1. The molecule has 0 fully saturated rings. The molecule has 0 atom stereocenters. The van der Waals surface area contributed by atoms with Crippen molar-refractivity contribution in [2.75, 3.05) is 13.2 Å². The maximum atomic E-state index is 12.0. The van der Waals surface area contributed by atoms with Crippen LogP contribution in [0.5, 0.6) is 0 Å². The van der Waals surface area contributed by atoms with Gasteiger partial charge in [-0.15, -0.1) is 0 Å². The maximum absolute atomic E-state index is 12.0. The number of nitrogens with zero attached hydrogens (tertiary/aromatic N) is 2. The number of allylic oxidation sites excluding steroid dienone is 1. The van der Waals surface area contributed by atoms with Gasteiger partial charge >= 0.3 is 5.97 Å². The molecule has 0 aliphatic carbocycles. The molecule has 1 heterocycles. The molecule has 1 amide bonds. The van der Waals surface area contributed by atoms with Crippen molar-refractivity contribution in [1.82, 2.24) is 15.3 Å². The number of hydrogen-bond acceptors (Lipinski definition) is 6. The third-order valence-electron chi connectivity index (χ3n) is 3.88. The Labute approximate surface area is 174 Å². The highest BCUT2D eigenvalue weighted by Crippen LogP contribution is 2.18. The molecule has 8 nitrogen and oxygen atoms in total. The largest absolute Gasteiger partial charge is 0.507 e. The fourth-order valence-corrected chi connectivity index (χ4v) is 2.88. The highest BCUT2D eigenvalue weighted by molar-refractivity contribution is 9.10. The molecule has 3 N–H and O–H groups in total. The number of aliphatic hydroxyl groups is 1. The summed E-state index contributed by atoms with van der Waals surface area (Å²) in [7, 11) is 0. The monoisotopic (exact) mass is 454 g/mol. The van der Waals surface area contributed by atoms with Crippen LogP contribution in [0.3, 0.4) is 0 Å². The zero-order valence-corrected chi connectivity index (χ0v) is 16.6. The molecule has 0 aliphatic heterocycles. The number of nitrogens with one attached hydrogen (secondary N) is 2. The van der Waals surface area contributed by atoms with E-state index in [2.05, 4.69) is 31.2 Å². The number of ether oxygens (including phenoxy) is 1. The van der Waals surface area contributed by atoms with Crippen molar-refractivity contribution >= 4 is 44.4 Å². The van der Waals surface area contributed by atoms with Crippen molar-refractivity contribution in [3.63, 3.8) is 0 Å². The first-order chi connectivity index (χ1) is 14.0. The number of carbonyl (C=O) groups excluding carboxylic acids is 2. The van der Waals surface area contributed by atoms with E-state index >= 15 is 0 Å². The quantitative estimate of drug-likeness (QED) is 0.298. The van der Waals surface area contributed by atoms with E-state index in [1.54, 1.807) is 42.5 Å². The van der Waals surface area contributed by atoms with Crippen molar-refractivity contribution in [3.8, 4) is 6.07 Å². The Morgan fingerprint density at radius 2 is 2.03 bits per heavy atom. The van der Waals surface area contributed by atoms with Gasteiger partial charge in [-0.25, -0.2) is 4.98 Å². The van der Waals surface area contributed by atoms with Gasteiger partial charge in [0.05, 0.1) is 11.0 Å². The molecule has 0 spiro atoms. The third-order valence-corrected chi connectivity index (χ3v) is 4.37. The second kappa shape index (κ2) is 9.03. The van der Waals surface area contributed by atoms with Crippen molar-refractivity contribution < 1.29 is 19.4 Å². The summed E-state index contributed by atoms with van der Waals surface area (Å²) in [6.07, 6.45) is 0. The fraction of sp³-hybridized carbons (Fsp3) is 0.100. The van der Waals surface area contributed by atoms with E-state index in [9.17, 15) is 20.0 Å². The fourth-order valence-electron chi connectivity index (χ4n) is 2.48. The smallest absolute Gasteiger partial charge is 0.325 e. The standard InChI is InChI=1S/C20H15BrN4O4/c21-13-5-3-4-12(8-13)20(28)23-10-18(27)29-11-17(26)14(9-22)19-24-15-6-1-2-7-16(15)25-19/h1-8,26H,10-11H2,(H,23,28)(H,24,25). The van der Waals surface area contributed by atoms with Gasteiger partial charge in [0, 0.05) is 10.0 Å². The Kier molecular flexibility index (Phi) is 6.26. The number of benzene rings is 2. The Bertz CT molecular complexity index is 1110. The summed E-state index contributed by atoms with van der Waals surface area (Å²) < 4.78 is 5.66. The molecule has 0 unspecified atom stereocenters. The minimum Gasteiger partial charge on any atom is -0.507 e. The zero-order valence-electron chi connectivity index (χ0n) is 15.0. The second-order valence-electron chi connectivity index (χ2n) is 5.89. The van der Waals surface area contributed by atoms with Crippen LogP contribution in [0.2, 0.25) is 0 Å². The number of aliphatic hydroxyl groups excluding tert-OH is 1. The number of H-pyrrole nitrogens is 1. The molecule has 0 aliphatic rings. The Morgan fingerprint density at radius 3 is 2.76 bits per heavy atom. The van der Waals surface area contributed by atoms with Crippen molar-refractivity contribution in [1.29, 1.82) is 5.26 Å². The predicted octanol–water partition coefficient (Wildman–Crippen LogP) is 3.09. The second-order valence-corrected chi connectivity index (χ2v) is 6.81. The van der Waals surface area contributed by atoms with Gasteiger partial charge in [0.1, 0.15) is 24.8 Å². The minimum absolute atomic E-state index is 0.132. The molecular formula is C20H15BrN4O4. The van der Waals surface area contributed by atoms with Crippen LogP contribution in [-0.2, 0) is 9.53 Å². The van der Waals surface area contributed by atoms with Gasteiger partial charge in [0.15, 0.2) is 11.6 Å². The molecule has 146 valence electrons. The Hall–Kier alpha value is -3.64. The maximum Gasteiger partial charge on any atom is 0.325 e. The van der Waals surface area contributed by atoms with Crippen LogP contribution in [-0.4, -0.2) is 40.1 Å². The third kappa shape index (κ3) is 5.00. The lowest BCUT2D eigenvalue weighted by atomic mass is 10.2. The van der Waals surface area contributed by atoms with Gasteiger partial charge in [-0.2, -0.15) is 5.26 Å². The van der Waals surface area contributed by atoms with Crippen molar-refractivity contribution in [3.05, 3.63) is 70.2 Å². The van der Waals surface area contributed by atoms with Gasteiger partial charge in [-0.1, -0.05) is 34.1 Å². The minimum atomic E-state index is -0.762. The van der Waals surface area contributed by atoms with Crippen LogP contribution in [0.25, 0.3) is 16.6 Å². The van der Waals surface area contributed by atoms with Crippen molar-refractivity contribution in [2.24, 2.45) is 0 Å². The summed E-state index contributed by atoms with van der Waals surface area (Å²) in [5, 5.41) is 21.9. The normalized spacial score (nSPS) is 11.4. The molecule has 0 radical (unpaired) electrons. The molecule has 2 aromatic carbocycles. The van der Waals surface area contributed by atoms with E-state index in [-0.39, 0.29) is 17.9 Å². The van der Waals surface area contributed by atoms with Gasteiger partial charge in [-0.3, -0.25) is 9.59 Å². The topological polar surface area (TPSA) is 128 Å². The number of aromatic nitrogens is 2. The summed E-state index contributed by atoms with van der Waals surface area (Å²) in [5.74, 6) is -1.48. The Balaban J connectivity index is 1.59. The first-order valence-electron chi connectivity index (χ1n) is 8.44. The molecule has 1 aromatic heterocycles. The lowest BCUT2D eigenvalue weighted by Gasteiger charge is -2.07. The van der Waals surface area contributed by atoms with E-state index < -0.39 is 24.2 Å². The van der Waals surface area contributed by atoms with Crippen LogP contribution in [0.4, 0.5) is 0 Å². The van der Waals surface area contributed by atoms with Gasteiger partial charge < -0.3 is 20.1 Å². The summed E-state index contributed by atoms with van der Waals surface area (Å²) in [6.45, 7) is -0.906. The summed E-state index contributed by atoms with van der Waals surface area (Å²) in [4.78, 5) is 31.0. The first-order valence-corrected chi connectivity index (χ1v) is 9.24. The lowest BCUT2D eigenvalue weighted by molar-refractivity contribution is -0.142. The van der Waals surface area contributed by atoms with Crippen molar-refractivity contribution in [2.45, 2.75) is 0 Å². The number of amides is 1. The highest BCUT2D eigenvalue weighted by atomic mass is 79.9. The average Bonchev–Trinajstić information content (AvgIpc) is 3.14. The van der Waals surface area contributed by atoms with E-state index in [1.165, 1.54) is 0 Å². The average molecular weight is 455 g/mol. The highest BCUT2D eigenvalue weighted by Gasteiger charge is 2.15. The number of esters is 1.